The first-order chi connectivity index (χ1) is 8.67. The lowest BCUT2D eigenvalue weighted by molar-refractivity contribution is 0.503. The molecule has 0 saturated carbocycles. The predicted octanol–water partition coefficient (Wildman–Crippen LogP) is 2.23. The molecule has 110 valence electrons. The normalized spacial score (nSPS) is 11.3. The summed E-state index contributed by atoms with van der Waals surface area (Å²) in [6.07, 6.45) is 4.96. The average molecular weight is 379 g/mol. The zero-order chi connectivity index (χ0) is 13.4. The first kappa shape index (κ1) is 18.2. The van der Waals surface area contributed by atoms with Crippen molar-refractivity contribution in [1.82, 2.24) is 20.2 Å². The van der Waals surface area contributed by atoms with Gasteiger partial charge in [0.25, 0.3) is 0 Å². The van der Waals surface area contributed by atoms with E-state index in [0.29, 0.717) is 12.5 Å². The highest BCUT2D eigenvalue weighted by Gasteiger charge is 2.05. The molecule has 1 heterocycles. The fraction of sp³-hybridized carbons (Fsp3) is 0.692. The Labute approximate surface area is 133 Å². The van der Waals surface area contributed by atoms with Crippen LogP contribution in [-0.2, 0) is 13.1 Å². The summed E-state index contributed by atoms with van der Waals surface area (Å²) >= 11 is 0. The SMILES string of the molecule is CCCNC(=NC)NCc1nccn1CC(C)C.I. The summed E-state index contributed by atoms with van der Waals surface area (Å²) in [6, 6.07) is 0. The van der Waals surface area contributed by atoms with Crippen LogP contribution in [0.1, 0.15) is 33.0 Å². The van der Waals surface area contributed by atoms with Crippen molar-refractivity contribution in [1.29, 1.82) is 0 Å². The topological polar surface area (TPSA) is 54.2 Å². The van der Waals surface area contributed by atoms with E-state index in [0.717, 1.165) is 31.3 Å². The molecule has 0 aliphatic heterocycles. The Bertz CT molecular complexity index is 373. The van der Waals surface area contributed by atoms with Crippen LogP contribution in [0.3, 0.4) is 0 Å². The van der Waals surface area contributed by atoms with Gasteiger partial charge < -0.3 is 15.2 Å². The van der Waals surface area contributed by atoms with E-state index in [2.05, 4.69) is 45.9 Å². The molecule has 0 aromatic carbocycles. The molecule has 0 bridgehead atoms. The van der Waals surface area contributed by atoms with E-state index in [-0.39, 0.29) is 24.0 Å². The summed E-state index contributed by atoms with van der Waals surface area (Å²) in [5.41, 5.74) is 0. The van der Waals surface area contributed by atoms with Crippen LogP contribution < -0.4 is 10.6 Å². The smallest absolute Gasteiger partial charge is 0.191 e. The number of guanidine groups is 1. The zero-order valence-electron chi connectivity index (χ0n) is 12.3. The monoisotopic (exact) mass is 379 g/mol. The van der Waals surface area contributed by atoms with Gasteiger partial charge >= 0.3 is 0 Å². The molecule has 19 heavy (non-hydrogen) atoms. The number of rotatable bonds is 6. The van der Waals surface area contributed by atoms with Crippen LogP contribution in [0.2, 0.25) is 0 Å². The molecular formula is C13H26IN5. The quantitative estimate of drug-likeness (QED) is 0.453. The Morgan fingerprint density at radius 2 is 2.16 bits per heavy atom. The van der Waals surface area contributed by atoms with Crippen molar-refractivity contribution in [3.63, 3.8) is 0 Å². The number of imidazole rings is 1. The minimum absolute atomic E-state index is 0. The Morgan fingerprint density at radius 3 is 2.74 bits per heavy atom. The van der Waals surface area contributed by atoms with Crippen LogP contribution in [0.4, 0.5) is 0 Å². The molecule has 0 radical (unpaired) electrons. The molecule has 1 rings (SSSR count). The number of hydrogen-bond acceptors (Lipinski definition) is 2. The fourth-order valence-electron chi connectivity index (χ4n) is 1.69. The van der Waals surface area contributed by atoms with Gasteiger partial charge in [0, 0.05) is 32.5 Å². The summed E-state index contributed by atoms with van der Waals surface area (Å²) < 4.78 is 2.19. The molecule has 0 aliphatic rings. The third kappa shape index (κ3) is 6.79. The van der Waals surface area contributed by atoms with Crippen LogP contribution in [0, 0.1) is 5.92 Å². The van der Waals surface area contributed by atoms with Crippen LogP contribution in [-0.4, -0.2) is 29.1 Å². The van der Waals surface area contributed by atoms with Gasteiger partial charge in [-0.05, 0) is 12.3 Å². The van der Waals surface area contributed by atoms with Gasteiger partial charge in [-0.3, -0.25) is 4.99 Å². The van der Waals surface area contributed by atoms with Crippen molar-refractivity contribution in [3.05, 3.63) is 18.2 Å². The van der Waals surface area contributed by atoms with Gasteiger partial charge in [-0.1, -0.05) is 20.8 Å². The van der Waals surface area contributed by atoms with Crippen LogP contribution in [0.5, 0.6) is 0 Å². The largest absolute Gasteiger partial charge is 0.356 e. The molecule has 1 aromatic rings. The number of nitrogens with zero attached hydrogens (tertiary/aromatic N) is 3. The molecule has 0 aliphatic carbocycles. The lowest BCUT2D eigenvalue weighted by Gasteiger charge is -2.13. The Morgan fingerprint density at radius 1 is 1.42 bits per heavy atom. The number of hydrogen-bond donors (Lipinski definition) is 2. The predicted molar refractivity (Wildman–Crippen MR) is 91.0 cm³/mol. The van der Waals surface area contributed by atoms with Gasteiger partial charge in [0.2, 0.25) is 0 Å². The van der Waals surface area contributed by atoms with Crippen molar-refractivity contribution in [2.24, 2.45) is 10.9 Å². The van der Waals surface area contributed by atoms with E-state index in [9.17, 15) is 0 Å². The first-order valence-electron chi connectivity index (χ1n) is 6.61. The van der Waals surface area contributed by atoms with Crippen LogP contribution >= 0.6 is 24.0 Å². The van der Waals surface area contributed by atoms with Crippen molar-refractivity contribution in [3.8, 4) is 0 Å². The van der Waals surface area contributed by atoms with E-state index >= 15 is 0 Å². The van der Waals surface area contributed by atoms with Gasteiger partial charge in [0.1, 0.15) is 5.82 Å². The summed E-state index contributed by atoms with van der Waals surface area (Å²) in [5.74, 6) is 2.49. The summed E-state index contributed by atoms with van der Waals surface area (Å²) in [4.78, 5) is 8.55. The Hall–Kier alpha value is -0.790. The van der Waals surface area contributed by atoms with E-state index in [1.807, 2.05) is 12.4 Å². The highest BCUT2D eigenvalue weighted by Crippen LogP contribution is 2.03. The second kappa shape index (κ2) is 10.1. The minimum Gasteiger partial charge on any atom is -0.356 e. The highest BCUT2D eigenvalue weighted by molar-refractivity contribution is 14.0. The van der Waals surface area contributed by atoms with Gasteiger partial charge in [-0.25, -0.2) is 4.98 Å². The summed E-state index contributed by atoms with van der Waals surface area (Å²) in [6.45, 7) is 9.18. The third-order valence-corrected chi connectivity index (χ3v) is 2.54. The van der Waals surface area contributed by atoms with Crippen molar-refractivity contribution in [2.45, 2.75) is 40.3 Å². The van der Waals surface area contributed by atoms with Gasteiger partial charge in [-0.2, -0.15) is 0 Å². The molecule has 0 saturated heterocycles. The second-order valence-electron chi connectivity index (χ2n) is 4.74. The molecule has 0 unspecified atom stereocenters. The zero-order valence-corrected chi connectivity index (χ0v) is 14.6. The van der Waals surface area contributed by atoms with Gasteiger partial charge in [0.05, 0.1) is 6.54 Å². The van der Waals surface area contributed by atoms with Crippen molar-refractivity contribution < 1.29 is 0 Å². The number of halogens is 1. The Kier molecular flexibility index (Phi) is 9.63. The average Bonchev–Trinajstić information content (AvgIpc) is 2.76. The van der Waals surface area contributed by atoms with Crippen LogP contribution in [0.15, 0.2) is 17.4 Å². The lowest BCUT2D eigenvalue weighted by Crippen LogP contribution is -2.37. The molecule has 6 heteroatoms. The standard InChI is InChI=1S/C13H25N5.HI/c1-5-6-16-13(14-4)17-9-12-15-7-8-18(12)10-11(2)3;/h7-8,11H,5-6,9-10H2,1-4H3,(H2,14,16,17);1H. The molecule has 0 fully saturated rings. The molecule has 0 amide bonds. The van der Waals surface area contributed by atoms with E-state index < -0.39 is 0 Å². The van der Waals surface area contributed by atoms with Gasteiger partial charge in [0.15, 0.2) is 5.96 Å². The van der Waals surface area contributed by atoms with E-state index in [1.165, 1.54) is 0 Å². The molecule has 0 spiro atoms. The summed E-state index contributed by atoms with van der Waals surface area (Å²) in [7, 11) is 1.78. The third-order valence-electron chi connectivity index (χ3n) is 2.54. The maximum Gasteiger partial charge on any atom is 0.191 e. The minimum atomic E-state index is 0. The maximum absolute atomic E-state index is 4.37. The van der Waals surface area contributed by atoms with Gasteiger partial charge in [-0.15, -0.1) is 24.0 Å². The van der Waals surface area contributed by atoms with Crippen molar-refractivity contribution >= 4 is 29.9 Å². The number of aliphatic imine (C=N–C) groups is 1. The maximum atomic E-state index is 4.37. The molecule has 1 aromatic heterocycles. The van der Waals surface area contributed by atoms with Crippen LogP contribution in [0.25, 0.3) is 0 Å². The lowest BCUT2D eigenvalue weighted by atomic mass is 10.2. The fourth-order valence-corrected chi connectivity index (χ4v) is 1.69. The number of nitrogens with one attached hydrogen (secondary N) is 2. The number of aromatic nitrogens is 2. The molecule has 2 N–H and O–H groups in total. The van der Waals surface area contributed by atoms with E-state index in [4.69, 9.17) is 0 Å². The summed E-state index contributed by atoms with van der Waals surface area (Å²) in [5, 5.41) is 6.52. The van der Waals surface area contributed by atoms with E-state index in [1.54, 1.807) is 7.05 Å². The highest BCUT2D eigenvalue weighted by atomic mass is 127. The molecule has 5 nitrogen and oxygen atoms in total. The second-order valence-corrected chi connectivity index (χ2v) is 4.74. The first-order valence-corrected chi connectivity index (χ1v) is 6.61. The molecular weight excluding hydrogens is 353 g/mol. The van der Waals surface area contributed by atoms with Crippen molar-refractivity contribution in [2.75, 3.05) is 13.6 Å². The molecule has 0 atom stereocenters. The Balaban J connectivity index is 0.00000324.